The molecule has 0 N–H and O–H groups in total. The van der Waals surface area contributed by atoms with Crippen LogP contribution >= 0.6 is 27.5 Å². The van der Waals surface area contributed by atoms with Crippen molar-refractivity contribution in [3.05, 3.63) is 34.9 Å². The summed E-state index contributed by atoms with van der Waals surface area (Å²) in [4.78, 5) is 11.5. The Morgan fingerprint density at radius 3 is 2.81 bits per heavy atom. The Morgan fingerprint density at radius 1 is 1.31 bits per heavy atom. The zero-order valence-corrected chi connectivity index (χ0v) is 11.3. The number of unbranched alkanes of at least 4 members (excludes halogenated alkanes) is 2. The Kier molecular flexibility index (Phi) is 6.50. The highest BCUT2D eigenvalue weighted by atomic mass is 79.9. The number of ether oxygens (including phenoxy) is 1. The monoisotopic (exact) mass is 304 g/mol. The fraction of sp³-hybridized carbons (Fsp3) is 0.417. The van der Waals surface area contributed by atoms with E-state index in [-0.39, 0.29) is 5.97 Å². The number of rotatable bonds is 6. The molecule has 1 rings (SSSR count). The second-order valence-corrected chi connectivity index (χ2v) is 4.63. The molecule has 0 saturated carbocycles. The average Bonchev–Trinajstić information content (AvgIpc) is 2.28. The number of alkyl halides is 1. The molecule has 0 aliphatic rings. The van der Waals surface area contributed by atoms with Crippen LogP contribution in [0.15, 0.2) is 24.3 Å². The van der Waals surface area contributed by atoms with Gasteiger partial charge in [0.1, 0.15) is 0 Å². The van der Waals surface area contributed by atoms with Gasteiger partial charge in [0.05, 0.1) is 12.2 Å². The van der Waals surface area contributed by atoms with Gasteiger partial charge < -0.3 is 4.74 Å². The van der Waals surface area contributed by atoms with Gasteiger partial charge in [-0.3, -0.25) is 0 Å². The Balaban J connectivity index is 2.30. The van der Waals surface area contributed by atoms with Crippen LogP contribution in [-0.4, -0.2) is 17.9 Å². The summed E-state index contributed by atoms with van der Waals surface area (Å²) in [6.07, 6.45) is 3.07. The fourth-order valence-electron chi connectivity index (χ4n) is 1.24. The molecule has 0 radical (unpaired) electrons. The first-order valence-corrected chi connectivity index (χ1v) is 6.72. The van der Waals surface area contributed by atoms with Gasteiger partial charge in [-0.05, 0) is 37.5 Å². The van der Waals surface area contributed by atoms with E-state index < -0.39 is 0 Å². The van der Waals surface area contributed by atoms with E-state index in [1.165, 1.54) is 0 Å². The third-order valence-corrected chi connectivity index (χ3v) is 2.87. The first-order valence-electron chi connectivity index (χ1n) is 5.22. The maximum absolute atomic E-state index is 11.5. The molecule has 4 heteroatoms. The minimum absolute atomic E-state index is 0.304. The van der Waals surface area contributed by atoms with Gasteiger partial charge in [-0.15, -0.1) is 0 Å². The highest BCUT2D eigenvalue weighted by Gasteiger charge is 2.06. The van der Waals surface area contributed by atoms with Gasteiger partial charge in [-0.2, -0.15) is 0 Å². The van der Waals surface area contributed by atoms with Crippen LogP contribution in [0.3, 0.4) is 0 Å². The number of benzene rings is 1. The molecule has 1 aromatic rings. The smallest absolute Gasteiger partial charge is 0.338 e. The van der Waals surface area contributed by atoms with Gasteiger partial charge in [0.25, 0.3) is 0 Å². The van der Waals surface area contributed by atoms with Crippen molar-refractivity contribution in [3.63, 3.8) is 0 Å². The molecule has 1 aromatic carbocycles. The molecule has 0 bridgehead atoms. The van der Waals surface area contributed by atoms with Crippen molar-refractivity contribution in [1.82, 2.24) is 0 Å². The Labute approximate surface area is 109 Å². The van der Waals surface area contributed by atoms with Crippen molar-refractivity contribution in [2.75, 3.05) is 11.9 Å². The van der Waals surface area contributed by atoms with E-state index >= 15 is 0 Å². The van der Waals surface area contributed by atoms with Crippen LogP contribution in [0.1, 0.15) is 29.6 Å². The molecular weight excluding hydrogens is 291 g/mol. The fourth-order valence-corrected chi connectivity index (χ4v) is 1.82. The lowest BCUT2D eigenvalue weighted by Gasteiger charge is -2.04. The van der Waals surface area contributed by atoms with Crippen LogP contribution in [0.25, 0.3) is 0 Å². The standard InChI is InChI=1S/C12H14BrClO2/c13-7-2-1-3-8-16-12(15)10-5-4-6-11(14)9-10/h4-6,9H,1-3,7-8H2. The second kappa shape index (κ2) is 7.69. The molecular formula is C12H14BrClO2. The van der Waals surface area contributed by atoms with Crippen LogP contribution in [0, 0.1) is 0 Å². The molecule has 0 aromatic heterocycles. The van der Waals surface area contributed by atoms with Crippen molar-refractivity contribution in [2.24, 2.45) is 0 Å². The van der Waals surface area contributed by atoms with Gasteiger partial charge in [0, 0.05) is 10.4 Å². The molecule has 0 fully saturated rings. The lowest BCUT2D eigenvalue weighted by atomic mass is 10.2. The van der Waals surface area contributed by atoms with Crippen LogP contribution in [0.4, 0.5) is 0 Å². The topological polar surface area (TPSA) is 26.3 Å². The molecule has 0 atom stereocenters. The minimum atomic E-state index is -0.304. The van der Waals surface area contributed by atoms with Crippen molar-refractivity contribution >= 4 is 33.5 Å². The molecule has 2 nitrogen and oxygen atoms in total. The summed E-state index contributed by atoms with van der Waals surface area (Å²) in [5, 5.41) is 1.55. The maximum atomic E-state index is 11.5. The summed E-state index contributed by atoms with van der Waals surface area (Å²) in [5.41, 5.74) is 0.507. The van der Waals surface area contributed by atoms with E-state index in [1.807, 2.05) is 0 Å². The van der Waals surface area contributed by atoms with Gasteiger partial charge in [-0.25, -0.2) is 4.79 Å². The minimum Gasteiger partial charge on any atom is -0.462 e. The lowest BCUT2D eigenvalue weighted by molar-refractivity contribution is 0.0498. The highest BCUT2D eigenvalue weighted by Crippen LogP contribution is 2.11. The number of hydrogen-bond donors (Lipinski definition) is 0. The van der Waals surface area contributed by atoms with E-state index in [1.54, 1.807) is 24.3 Å². The van der Waals surface area contributed by atoms with Gasteiger partial charge >= 0.3 is 5.97 Å². The van der Waals surface area contributed by atoms with E-state index in [2.05, 4.69) is 15.9 Å². The molecule has 0 aliphatic carbocycles. The number of hydrogen-bond acceptors (Lipinski definition) is 2. The number of halogens is 2. The molecule has 0 saturated heterocycles. The molecule has 0 unspecified atom stereocenters. The van der Waals surface area contributed by atoms with Crippen molar-refractivity contribution < 1.29 is 9.53 Å². The Bertz CT molecular complexity index is 342. The van der Waals surface area contributed by atoms with Crippen LogP contribution in [-0.2, 0) is 4.74 Å². The van der Waals surface area contributed by atoms with Crippen molar-refractivity contribution in [2.45, 2.75) is 19.3 Å². The summed E-state index contributed by atoms with van der Waals surface area (Å²) >= 11 is 9.13. The summed E-state index contributed by atoms with van der Waals surface area (Å²) in [7, 11) is 0. The lowest BCUT2D eigenvalue weighted by Crippen LogP contribution is -2.06. The zero-order valence-electron chi connectivity index (χ0n) is 8.92. The van der Waals surface area contributed by atoms with Gasteiger partial charge in [-0.1, -0.05) is 33.6 Å². The maximum Gasteiger partial charge on any atom is 0.338 e. The molecule has 0 aliphatic heterocycles. The van der Waals surface area contributed by atoms with Crippen LogP contribution in [0.2, 0.25) is 5.02 Å². The summed E-state index contributed by atoms with van der Waals surface area (Å²) in [5.74, 6) is -0.304. The normalized spacial score (nSPS) is 10.1. The predicted molar refractivity (Wildman–Crippen MR) is 69.4 cm³/mol. The summed E-state index contributed by atoms with van der Waals surface area (Å²) < 4.78 is 5.12. The van der Waals surface area contributed by atoms with Crippen molar-refractivity contribution in [1.29, 1.82) is 0 Å². The quantitative estimate of drug-likeness (QED) is 0.450. The first kappa shape index (κ1) is 13.5. The van der Waals surface area contributed by atoms with Crippen LogP contribution < -0.4 is 0 Å². The van der Waals surface area contributed by atoms with E-state index in [4.69, 9.17) is 16.3 Å². The van der Waals surface area contributed by atoms with E-state index in [0.717, 1.165) is 24.6 Å². The molecule has 88 valence electrons. The molecule has 16 heavy (non-hydrogen) atoms. The first-order chi connectivity index (χ1) is 7.74. The molecule has 0 heterocycles. The largest absolute Gasteiger partial charge is 0.462 e. The number of carbonyl (C=O) groups is 1. The highest BCUT2D eigenvalue weighted by molar-refractivity contribution is 9.09. The van der Waals surface area contributed by atoms with E-state index in [0.29, 0.717) is 17.2 Å². The second-order valence-electron chi connectivity index (χ2n) is 3.40. The summed E-state index contributed by atoms with van der Waals surface area (Å²) in [6.45, 7) is 0.471. The molecule has 0 amide bonds. The van der Waals surface area contributed by atoms with Gasteiger partial charge in [0.2, 0.25) is 0 Å². The number of carbonyl (C=O) groups excluding carboxylic acids is 1. The number of esters is 1. The van der Waals surface area contributed by atoms with Gasteiger partial charge in [0.15, 0.2) is 0 Å². The summed E-state index contributed by atoms with van der Waals surface area (Å²) in [6, 6.07) is 6.78. The third-order valence-electron chi connectivity index (χ3n) is 2.07. The van der Waals surface area contributed by atoms with Crippen LogP contribution in [0.5, 0.6) is 0 Å². The predicted octanol–water partition coefficient (Wildman–Crippen LogP) is 4.06. The third kappa shape index (κ3) is 4.99. The average molecular weight is 306 g/mol. The zero-order chi connectivity index (χ0) is 11.8. The van der Waals surface area contributed by atoms with Crippen molar-refractivity contribution in [3.8, 4) is 0 Å². The SMILES string of the molecule is O=C(OCCCCCBr)c1cccc(Cl)c1. The Hall–Kier alpha value is -0.540. The Morgan fingerprint density at radius 2 is 2.12 bits per heavy atom. The van der Waals surface area contributed by atoms with E-state index in [9.17, 15) is 4.79 Å². The molecule has 0 spiro atoms.